The molecular formula is C25H17N5O8. The lowest BCUT2D eigenvalue weighted by atomic mass is 9.92. The van der Waals surface area contributed by atoms with Gasteiger partial charge in [-0.25, -0.2) is 0 Å². The van der Waals surface area contributed by atoms with Gasteiger partial charge in [-0.15, -0.1) is 0 Å². The average Bonchev–Trinajstić information content (AvgIpc) is 3.25. The number of nitro benzene ring substituents is 2. The van der Waals surface area contributed by atoms with E-state index in [-0.39, 0.29) is 22.7 Å². The summed E-state index contributed by atoms with van der Waals surface area (Å²) in [6.07, 6.45) is 0. The molecule has 13 heteroatoms. The fraction of sp³-hybridized carbons (Fsp3) is 0.0800. The van der Waals surface area contributed by atoms with Crippen LogP contribution >= 0.6 is 0 Å². The molecule has 0 fully saturated rings. The molecule has 3 aromatic rings. The van der Waals surface area contributed by atoms with Gasteiger partial charge in [-0.2, -0.15) is 10.1 Å². The number of hydrazone groups is 1. The Balaban J connectivity index is 1.74. The van der Waals surface area contributed by atoms with Crippen molar-refractivity contribution >= 4 is 51.8 Å². The van der Waals surface area contributed by atoms with E-state index in [4.69, 9.17) is 0 Å². The zero-order valence-corrected chi connectivity index (χ0v) is 19.6. The van der Waals surface area contributed by atoms with Crippen LogP contribution in [0.4, 0.5) is 22.7 Å². The minimum Gasteiger partial charge on any atom is -0.319 e. The summed E-state index contributed by atoms with van der Waals surface area (Å²) in [4.78, 5) is 72.2. The lowest BCUT2D eigenvalue weighted by Crippen LogP contribution is -2.39. The summed E-state index contributed by atoms with van der Waals surface area (Å²) in [5, 5.41) is 29.8. The van der Waals surface area contributed by atoms with Crippen LogP contribution in [0.5, 0.6) is 0 Å². The largest absolute Gasteiger partial charge is 0.319 e. The molecule has 3 aromatic carbocycles. The lowest BCUT2D eigenvalue weighted by molar-refractivity contribution is -0.393. The van der Waals surface area contributed by atoms with Gasteiger partial charge in [-0.05, 0) is 30.7 Å². The Morgan fingerprint density at radius 3 is 2.26 bits per heavy atom. The third-order valence-electron chi connectivity index (χ3n) is 5.61. The SMILES string of the molecule is CC(=O)c1cccc(NC(=O)C(=O)C2C(=O)N(c3ccc([N+](=O)[O-])cc3[N+](=O)[O-])N=C2c2ccccc2)c1. The van der Waals surface area contributed by atoms with Crippen molar-refractivity contribution in [3.05, 3.63) is 104 Å². The van der Waals surface area contributed by atoms with Crippen LogP contribution < -0.4 is 10.3 Å². The average molecular weight is 515 g/mol. The molecule has 38 heavy (non-hydrogen) atoms. The van der Waals surface area contributed by atoms with Crippen LogP contribution in [0.1, 0.15) is 22.8 Å². The maximum absolute atomic E-state index is 13.4. The topological polar surface area (TPSA) is 182 Å². The Morgan fingerprint density at radius 2 is 1.63 bits per heavy atom. The van der Waals surface area contributed by atoms with Crippen LogP contribution in [-0.2, 0) is 14.4 Å². The molecule has 0 saturated heterocycles. The van der Waals surface area contributed by atoms with Crippen molar-refractivity contribution in [2.24, 2.45) is 11.0 Å². The number of nitrogens with zero attached hydrogens (tertiary/aromatic N) is 4. The molecule has 13 nitrogen and oxygen atoms in total. The van der Waals surface area contributed by atoms with Gasteiger partial charge in [0, 0.05) is 17.3 Å². The van der Waals surface area contributed by atoms with Crippen LogP contribution in [0.2, 0.25) is 0 Å². The Kier molecular flexibility index (Phi) is 6.83. The fourth-order valence-corrected chi connectivity index (χ4v) is 3.79. The van der Waals surface area contributed by atoms with Crippen molar-refractivity contribution in [1.82, 2.24) is 0 Å². The summed E-state index contributed by atoms with van der Waals surface area (Å²) in [6, 6.07) is 16.4. The molecule has 1 N–H and O–H groups in total. The third kappa shape index (κ3) is 4.88. The number of nitro groups is 2. The predicted molar refractivity (Wildman–Crippen MR) is 134 cm³/mol. The minimum atomic E-state index is -1.76. The summed E-state index contributed by atoms with van der Waals surface area (Å²) < 4.78 is 0. The Bertz CT molecular complexity index is 1550. The van der Waals surface area contributed by atoms with E-state index < -0.39 is 50.4 Å². The number of hydrogen-bond acceptors (Lipinski definition) is 9. The molecular weight excluding hydrogens is 498 g/mol. The first-order valence-electron chi connectivity index (χ1n) is 11.0. The van der Waals surface area contributed by atoms with Crippen molar-refractivity contribution < 1.29 is 29.0 Å². The molecule has 0 spiro atoms. The number of anilines is 2. The Morgan fingerprint density at radius 1 is 0.921 bits per heavy atom. The van der Waals surface area contributed by atoms with Crippen molar-refractivity contribution in [3.8, 4) is 0 Å². The first-order valence-corrected chi connectivity index (χ1v) is 11.0. The minimum absolute atomic E-state index is 0.138. The zero-order valence-electron chi connectivity index (χ0n) is 19.6. The molecule has 0 saturated carbocycles. The van der Waals surface area contributed by atoms with Gasteiger partial charge in [0.05, 0.1) is 21.6 Å². The van der Waals surface area contributed by atoms with E-state index in [1.165, 1.54) is 43.3 Å². The molecule has 0 aromatic heterocycles. The molecule has 1 aliphatic rings. The maximum Gasteiger partial charge on any atom is 0.301 e. The molecule has 0 radical (unpaired) electrons. The molecule has 190 valence electrons. The molecule has 2 amide bonds. The van der Waals surface area contributed by atoms with Crippen molar-refractivity contribution in [2.45, 2.75) is 6.92 Å². The second-order valence-corrected chi connectivity index (χ2v) is 8.08. The molecule has 1 unspecified atom stereocenters. The number of carbonyl (C=O) groups is 4. The highest BCUT2D eigenvalue weighted by atomic mass is 16.6. The molecule has 1 aliphatic heterocycles. The van der Waals surface area contributed by atoms with Crippen LogP contribution in [0.15, 0.2) is 77.9 Å². The van der Waals surface area contributed by atoms with Gasteiger partial charge < -0.3 is 5.32 Å². The summed E-state index contributed by atoms with van der Waals surface area (Å²) in [6.45, 7) is 1.33. The van der Waals surface area contributed by atoms with Gasteiger partial charge in [-0.3, -0.25) is 39.4 Å². The highest BCUT2D eigenvalue weighted by molar-refractivity contribution is 6.51. The predicted octanol–water partition coefficient (Wildman–Crippen LogP) is 3.28. The van der Waals surface area contributed by atoms with E-state index in [1.54, 1.807) is 18.2 Å². The maximum atomic E-state index is 13.4. The van der Waals surface area contributed by atoms with Crippen LogP contribution in [0.25, 0.3) is 0 Å². The number of rotatable bonds is 8. The first kappa shape index (κ1) is 25.5. The number of Topliss-reactive ketones (excluding diaryl/α,β-unsaturated/α-hetero) is 2. The standard InChI is InChI=1S/C25H17N5O8/c1-14(31)16-8-5-9-17(12-16)26-24(33)23(32)21-22(15-6-3-2-4-7-15)27-28(25(21)34)19-11-10-18(29(35)36)13-20(19)30(37)38/h2-13,21H,1H3,(H,26,33). The lowest BCUT2D eigenvalue weighted by Gasteiger charge is -2.14. The highest BCUT2D eigenvalue weighted by Crippen LogP contribution is 2.36. The van der Waals surface area contributed by atoms with E-state index in [1.807, 2.05) is 0 Å². The van der Waals surface area contributed by atoms with E-state index in [0.29, 0.717) is 16.6 Å². The molecule has 0 aliphatic carbocycles. The van der Waals surface area contributed by atoms with Crippen LogP contribution in [-0.4, -0.2) is 38.9 Å². The number of carbonyl (C=O) groups excluding carboxylic acids is 4. The van der Waals surface area contributed by atoms with Crippen LogP contribution in [0.3, 0.4) is 0 Å². The second-order valence-electron chi connectivity index (χ2n) is 8.08. The van der Waals surface area contributed by atoms with Gasteiger partial charge in [0.15, 0.2) is 11.7 Å². The van der Waals surface area contributed by atoms with Gasteiger partial charge in [-0.1, -0.05) is 42.5 Å². The van der Waals surface area contributed by atoms with Crippen LogP contribution in [0, 0.1) is 26.1 Å². The normalized spacial score (nSPS) is 14.6. The van der Waals surface area contributed by atoms with Crippen molar-refractivity contribution in [1.29, 1.82) is 0 Å². The van der Waals surface area contributed by atoms with E-state index in [9.17, 15) is 39.4 Å². The number of ketones is 2. The number of benzene rings is 3. The smallest absolute Gasteiger partial charge is 0.301 e. The van der Waals surface area contributed by atoms with E-state index in [0.717, 1.165) is 12.1 Å². The van der Waals surface area contributed by atoms with E-state index >= 15 is 0 Å². The number of hydrogen-bond donors (Lipinski definition) is 1. The summed E-state index contributed by atoms with van der Waals surface area (Å²) in [5.41, 5.74) is -1.19. The number of nitrogens with one attached hydrogen (secondary N) is 1. The molecule has 1 heterocycles. The first-order chi connectivity index (χ1) is 18.1. The number of amides is 2. The molecule has 4 rings (SSSR count). The summed E-state index contributed by atoms with van der Waals surface area (Å²) >= 11 is 0. The highest BCUT2D eigenvalue weighted by Gasteiger charge is 2.46. The molecule has 0 bridgehead atoms. The Labute approximate surface area is 213 Å². The summed E-state index contributed by atoms with van der Waals surface area (Å²) in [5.74, 6) is -5.45. The van der Waals surface area contributed by atoms with Gasteiger partial charge in [0.1, 0.15) is 5.69 Å². The van der Waals surface area contributed by atoms with Gasteiger partial charge >= 0.3 is 5.69 Å². The van der Waals surface area contributed by atoms with Gasteiger partial charge in [0.25, 0.3) is 17.5 Å². The second kappa shape index (κ2) is 10.2. The quantitative estimate of drug-likeness (QED) is 0.156. The monoisotopic (exact) mass is 515 g/mol. The van der Waals surface area contributed by atoms with E-state index in [2.05, 4.69) is 10.4 Å². The Hall–Kier alpha value is -5.59. The van der Waals surface area contributed by atoms with Crippen molar-refractivity contribution in [3.63, 3.8) is 0 Å². The third-order valence-corrected chi connectivity index (χ3v) is 5.61. The summed E-state index contributed by atoms with van der Waals surface area (Å²) in [7, 11) is 0. The fourth-order valence-electron chi connectivity index (χ4n) is 3.79. The zero-order chi connectivity index (χ0) is 27.6. The van der Waals surface area contributed by atoms with Crippen molar-refractivity contribution in [2.75, 3.05) is 10.3 Å². The number of non-ortho nitro benzene ring substituents is 1. The van der Waals surface area contributed by atoms with Gasteiger partial charge in [0.2, 0.25) is 5.78 Å². The molecule has 1 atom stereocenters.